The van der Waals surface area contributed by atoms with E-state index in [-0.39, 0.29) is 16.5 Å². The summed E-state index contributed by atoms with van der Waals surface area (Å²) in [6.07, 6.45) is 3.32. The van der Waals surface area contributed by atoms with Gasteiger partial charge in [-0.2, -0.15) is 0 Å². The summed E-state index contributed by atoms with van der Waals surface area (Å²) in [6, 6.07) is 1.74. The molecule has 5 heteroatoms. The van der Waals surface area contributed by atoms with Gasteiger partial charge in [0.15, 0.2) is 0 Å². The molecular formula is C11H13N3O2. The van der Waals surface area contributed by atoms with Crippen LogP contribution in [-0.4, -0.2) is 14.3 Å². The second-order valence-corrected chi connectivity index (χ2v) is 4.16. The monoisotopic (exact) mass is 219 g/mol. The predicted octanol–water partition coefficient (Wildman–Crippen LogP) is 2.67. The van der Waals surface area contributed by atoms with Crippen LogP contribution >= 0.6 is 0 Å². The highest BCUT2D eigenvalue weighted by molar-refractivity contribution is 5.51. The first kappa shape index (κ1) is 10.6. The van der Waals surface area contributed by atoms with Gasteiger partial charge in [0.05, 0.1) is 11.1 Å². The first-order valence-electron chi connectivity index (χ1n) is 5.12. The lowest BCUT2D eigenvalue weighted by Crippen LogP contribution is -1.99. The molecule has 0 aliphatic carbocycles. The summed E-state index contributed by atoms with van der Waals surface area (Å²) >= 11 is 0. The molecule has 0 aliphatic heterocycles. The fourth-order valence-electron chi connectivity index (χ4n) is 1.75. The van der Waals surface area contributed by atoms with Gasteiger partial charge in [0.25, 0.3) is 5.69 Å². The quantitative estimate of drug-likeness (QED) is 0.576. The third kappa shape index (κ3) is 1.54. The van der Waals surface area contributed by atoms with Gasteiger partial charge in [0, 0.05) is 17.5 Å². The Morgan fingerprint density at radius 2 is 2.19 bits per heavy atom. The molecule has 0 fully saturated rings. The van der Waals surface area contributed by atoms with Crippen molar-refractivity contribution in [3.8, 4) is 0 Å². The van der Waals surface area contributed by atoms with Crippen molar-refractivity contribution in [1.82, 2.24) is 9.38 Å². The molecule has 84 valence electrons. The molecular weight excluding hydrogens is 206 g/mol. The van der Waals surface area contributed by atoms with Crippen LogP contribution in [0.2, 0.25) is 0 Å². The zero-order chi connectivity index (χ0) is 11.9. The van der Waals surface area contributed by atoms with Crippen molar-refractivity contribution in [2.75, 3.05) is 0 Å². The second-order valence-electron chi connectivity index (χ2n) is 4.16. The first-order valence-corrected chi connectivity index (χ1v) is 5.12. The molecule has 0 saturated heterocycles. The van der Waals surface area contributed by atoms with Gasteiger partial charge in [0.2, 0.25) is 0 Å². The molecule has 0 aliphatic rings. The van der Waals surface area contributed by atoms with Crippen LogP contribution in [0.4, 0.5) is 5.69 Å². The van der Waals surface area contributed by atoms with E-state index in [1.807, 2.05) is 13.8 Å². The average Bonchev–Trinajstić information content (AvgIpc) is 2.58. The van der Waals surface area contributed by atoms with Crippen molar-refractivity contribution in [3.63, 3.8) is 0 Å². The van der Waals surface area contributed by atoms with Gasteiger partial charge in [-0.05, 0) is 18.9 Å². The van der Waals surface area contributed by atoms with Gasteiger partial charge in [-0.3, -0.25) is 14.5 Å². The predicted molar refractivity (Wildman–Crippen MR) is 60.7 cm³/mol. The van der Waals surface area contributed by atoms with E-state index in [1.54, 1.807) is 29.8 Å². The number of nitrogens with zero attached hydrogens (tertiary/aromatic N) is 3. The largest absolute Gasteiger partial charge is 0.297 e. The van der Waals surface area contributed by atoms with E-state index >= 15 is 0 Å². The first-order chi connectivity index (χ1) is 7.50. The molecule has 0 radical (unpaired) electrons. The minimum atomic E-state index is -0.362. The number of fused-ring (bicyclic) bond motifs is 1. The fourth-order valence-corrected chi connectivity index (χ4v) is 1.75. The summed E-state index contributed by atoms with van der Waals surface area (Å²) in [5, 5.41) is 10.8. The molecule has 0 amide bonds. The number of aromatic nitrogens is 2. The summed E-state index contributed by atoms with van der Waals surface area (Å²) in [5.74, 6) is 0.289. The lowest BCUT2D eigenvalue weighted by atomic mass is 10.1. The lowest BCUT2D eigenvalue weighted by Gasteiger charge is -2.05. The molecule has 5 nitrogen and oxygen atoms in total. The Hall–Kier alpha value is -1.91. The number of imidazole rings is 1. The Morgan fingerprint density at radius 3 is 2.75 bits per heavy atom. The van der Waals surface area contributed by atoms with E-state index in [9.17, 15) is 10.1 Å². The molecule has 0 spiro atoms. The lowest BCUT2D eigenvalue weighted by molar-refractivity contribution is -0.385. The Balaban J connectivity index is 2.74. The second kappa shape index (κ2) is 3.59. The van der Waals surface area contributed by atoms with E-state index in [0.29, 0.717) is 5.56 Å². The molecule has 0 N–H and O–H groups in total. The highest BCUT2D eigenvalue weighted by Crippen LogP contribution is 2.23. The Bertz CT molecular complexity index is 558. The smallest absolute Gasteiger partial charge is 0.288 e. The molecule has 0 atom stereocenters. The maximum Gasteiger partial charge on any atom is 0.288 e. The molecule has 0 saturated carbocycles. The van der Waals surface area contributed by atoms with E-state index in [0.717, 1.165) is 11.3 Å². The van der Waals surface area contributed by atoms with Crippen LogP contribution in [0.5, 0.6) is 0 Å². The molecule has 0 unspecified atom stereocenters. The third-order valence-corrected chi connectivity index (χ3v) is 2.64. The number of rotatable bonds is 2. The van der Waals surface area contributed by atoms with Gasteiger partial charge in [0.1, 0.15) is 5.65 Å². The molecule has 16 heavy (non-hydrogen) atoms. The standard InChI is InChI=1S/C11H13N3O2/c1-7(2)9-5-12-11-4-8(3)10(14(15)16)6-13(9)11/h4-7H,1-3H3. The highest BCUT2D eigenvalue weighted by Gasteiger charge is 2.15. The Kier molecular flexibility index (Phi) is 2.38. The average molecular weight is 219 g/mol. The van der Waals surface area contributed by atoms with E-state index < -0.39 is 0 Å². The number of pyridine rings is 1. The normalized spacial score (nSPS) is 11.2. The summed E-state index contributed by atoms with van der Waals surface area (Å²) in [4.78, 5) is 14.7. The van der Waals surface area contributed by atoms with Crippen molar-refractivity contribution in [3.05, 3.63) is 39.8 Å². The summed E-state index contributed by atoms with van der Waals surface area (Å²) in [7, 11) is 0. The van der Waals surface area contributed by atoms with Crippen molar-refractivity contribution in [1.29, 1.82) is 0 Å². The van der Waals surface area contributed by atoms with Gasteiger partial charge in [-0.1, -0.05) is 13.8 Å². The SMILES string of the molecule is Cc1cc2ncc(C(C)C)n2cc1[N+](=O)[O-]. The zero-order valence-electron chi connectivity index (χ0n) is 9.47. The van der Waals surface area contributed by atoms with Gasteiger partial charge >= 0.3 is 0 Å². The summed E-state index contributed by atoms with van der Waals surface area (Å²) in [5.41, 5.74) is 2.51. The van der Waals surface area contributed by atoms with Crippen molar-refractivity contribution in [2.45, 2.75) is 26.7 Å². The van der Waals surface area contributed by atoms with Crippen LogP contribution < -0.4 is 0 Å². The number of hydrogen-bond acceptors (Lipinski definition) is 3. The van der Waals surface area contributed by atoms with Crippen LogP contribution in [0, 0.1) is 17.0 Å². The Labute approximate surface area is 92.9 Å². The maximum absolute atomic E-state index is 10.8. The molecule has 0 bridgehead atoms. The fraction of sp³-hybridized carbons (Fsp3) is 0.364. The van der Waals surface area contributed by atoms with Crippen LogP contribution in [0.15, 0.2) is 18.5 Å². The number of nitro groups is 1. The minimum absolute atomic E-state index is 0.132. The molecule has 2 heterocycles. The number of hydrogen-bond donors (Lipinski definition) is 0. The maximum atomic E-state index is 10.8. The number of aryl methyl sites for hydroxylation is 1. The highest BCUT2D eigenvalue weighted by atomic mass is 16.6. The van der Waals surface area contributed by atoms with Gasteiger partial charge in [-0.15, -0.1) is 0 Å². The van der Waals surface area contributed by atoms with Crippen LogP contribution in [0.25, 0.3) is 5.65 Å². The van der Waals surface area contributed by atoms with Crippen molar-refractivity contribution in [2.24, 2.45) is 0 Å². The summed E-state index contributed by atoms with van der Waals surface area (Å²) < 4.78 is 1.79. The van der Waals surface area contributed by atoms with Crippen molar-refractivity contribution >= 4 is 11.3 Å². The minimum Gasteiger partial charge on any atom is -0.297 e. The van der Waals surface area contributed by atoms with Crippen LogP contribution in [-0.2, 0) is 0 Å². The summed E-state index contributed by atoms with van der Waals surface area (Å²) in [6.45, 7) is 5.80. The van der Waals surface area contributed by atoms with Crippen LogP contribution in [0.1, 0.15) is 31.0 Å². The molecule has 2 aromatic heterocycles. The Morgan fingerprint density at radius 1 is 1.50 bits per heavy atom. The molecule has 2 aromatic rings. The van der Waals surface area contributed by atoms with E-state index in [2.05, 4.69) is 4.98 Å². The third-order valence-electron chi connectivity index (χ3n) is 2.64. The van der Waals surface area contributed by atoms with E-state index in [4.69, 9.17) is 0 Å². The molecule has 2 rings (SSSR count). The van der Waals surface area contributed by atoms with Crippen LogP contribution in [0.3, 0.4) is 0 Å². The topological polar surface area (TPSA) is 60.4 Å². The van der Waals surface area contributed by atoms with E-state index in [1.165, 1.54) is 0 Å². The van der Waals surface area contributed by atoms with Gasteiger partial charge < -0.3 is 0 Å². The molecule has 0 aromatic carbocycles. The van der Waals surface area contributed by atoms with Crippen molar-refractivity contribution < 1.29 is 4.92 Å². The van der Waals surface area contributed by atoms with Gasteiger partial charge in [-0.25, -0.2) is 4.98 Å². The zero-order valence-corrected chi connectivity index (χ0v) is 9.47.